The van der Waals surface area contributed by atoms with Gasteiger partial charge in [-0.25, -0.2) is 0 Å². The maximum atomic E-state index is 12.2. The summed E-state index contributed by atoms with van der Waals surface area (Å²) in [5, 5.41) is 16.7. The van der Waals surface area contributed by atoms with Gasteiger partial charge in [0.05, 0.1) is 5.69 Å². The molecule has 0 radical (unpaired) electrons. The van der Waals surface area contributed by atoms with Crippen LogP contribution in [0, 0.1) is 13.8 Å². The Morgan fingerprint density at radius 1 is 1.24 bits per heavy atom. The van der Waals surface area contributed by atoms with Gasteiger partial charge in [-0.1, -0.05) is 30.3 Å². The van der Waals surface area contributed by atoms with Gasteiger partial charge in [-0.05, 0) is 38.3 Å². The first-order chi connectivity index (χ1) is 11.8. The molecule has 2 N–H and O–H groups in total. The molecular weight excluding hydrogens is 318 g/mol. The SMILES string of the molecule is Cc1nn(C)c(C)c1CCC(=O)NCC(C)(C(=O)O)c1ccccc1. The second kappa shape index (κ2) is 7.51. The van der Waals surface area contributed by atoms with E-state index < -0.39 is 11.4 Å². The van der Waals surface area contributed by atoms with Crippen LogP contribution >= 0.6 is 0 Å². The maximum absolute atomic E-state index is 12.2. The van der Waals surface area contributed by atoms with Gasteiger partial charge in [-0.2, -0.15) is 5.10 Å². The molecule has 0 fully saturated rings. The number of carboxylic acids is 1. The molecular formula is C19H25N3O3. The van der Waals surface area contributed by atoms with Crippen LogP contribution in [-0.2, 0) is 28.5 Å². The molecule has 0 aliphatic heterocycles. The van der Waals surface area contributed by atoms with Gasteiger partial charge in [0, 0.05) is 25.7 Å². The standard InChI is InChI=1S/C19H25N3O3/c1-13-16(14(2)22(4)21-13)10-11-17(23)20-12-19(3,18(24)25)15-8-6-5-7-9-15/h5-9H,10-12H2,1-4H3,(H,20,23)(H,24,25). The summed E-state index contributed by atoms with van der Waals surface area (Å²) in [5.74, 6) is -1.12. The van der Waals surface area contributed by atoms with Crippen molar-refractivity contribution in [2.24, 2.45) is 7.05 Å². The van der Waals surface area contributed by atoms with Gasteiger partial charge in [0.15, 0.2) is 0 Å². The van der Waals surface area contributed by atoms with Crippen molar-refractivity contribution in [3.05, 3.63) is 52.8 Å². The highest BCUT2D eigenvalue weighted by molar-refractivity contribution is 5.83. The molecule has 134 valence electrons. The molecule has 0 aliphatic rings. The Balaban J connectivity index is 1.99. The smallest absolute Gasteiger partial charge is 0.315 e. The van der Waals surface area contributed by atoms with Crippen LogP contribution in [0.5, 0.6) is 0 Å². The Morgan fingerprint density at radius 2 is 1.88 bits per heavy atom. The summed E-state index contributed by atoms with van der Waals surface area (Å²) in [4.78, 5) is 24.0. The summed E-state index contributed by atoms with van der Waals surface area (Å²) in [6.07, 6.45) is 0.893. The highest BCUT2D eigenvalue weighted by atomic mass is 16.4. The Kier molecular flexibility index (Phi) is 5.62. The maximum Gasteiger partial charge on any atom is 0.315 e. The minimum Gasteiger partial charge on any atom is -0.481 e. The fourth-order valence-electron chi connectivity index (χ4n) is 2.89. The Labute approximate surface area is 147 Å². The van der Waals surface area contributed by atoms with Gasteiger partial charge >= 0.3 is 5.97 Å². The van der Waals surface area contributed by atoms with E-state index in [0.29, 0.717) is 18.4 Å². The van der Waals surface area contributed by atoms with Crippen LogP contribution in [0.3, 0.4) is 0 Å². The van der Waals surface area contributed by atoms with Crippen molar-refractivity contribution in [1.82, 2.24) is 15.1 Å². The van der Waals surface area contributed by atoms with E-state index >= 15 is 0 Å². The fourth-order valence-corrected chi connectivity index (χ4v) is 2.89. The van der Waals surface area contributed by atoms with Crippen molar-refractivity contribution in [3.63, 3.8) is 0 Å². The van der Waals surface area contributed by atoms with Gasteiger partial charge in [0.1, 0.15) is 5.41 Å². The monoisotopic (exact) mass is 343 g/mol. The lowest BCUT2D eigenvalue weighted by atomic mass is 9.82. The molecule has 2 rings (SSSR count). The molecule has 1 aromatic heterocycles. The van der Waals surface area contributed by atoms with Crippen molar-refractivity contribution in [2.75, 3.05) is 6.54 Å². The number of aryl methyl sites for hydroxylation is 2. The summed E-state index contributed by atoms with van der Waals surface area (Å²) in [6.45, 7) is 5.58. The van der Waals surface area contributed by atoms with E-state index in [0.717, 1.165) is 17.0 Å². The zero-order valence-corrected chi connectivity index (χ0v) is 15.2. The lowest BCUT2D eigenvalue weighted by molar-refractivity contribution is -0.143. The first-order valence-corrected chi connectivity index (χ1v) is 8.30. The number of rotatable bonds is 7. The van der Waals surface area contributed by atoms with Crippen LogP contribution in [0.1, 0.15) is 35.9 Å². The number of carbonyl (C=O) groups is 2. The van der Waals surface area contributed by atoms with E-state index in [-0.39, 0.29) is 12.5 Å². The number of carbonyl (C=O) groups excluding carboxylic acids is 1. The second-order valence-corrected chi connectivity index (χ2v) is 6.55. The lowest BCUT2D eigenvalue weighted by Gasteiger charge is -2.25. The topological polar surface area (TPSA) is 84.2 Å². The number of hydrogen-bond acceptors (Lipinski definition) is 3. The molecule has 1 unspecified atom stereocenters. The average molecular weight is 343 g/mol. The van der Waals surface area contributed by atoms with Crippen LogP contribution < -0.4 is 5.32 Å². The summed E-state index contributed by atoms with van der Waals surface area (Å²) in [5.41, 5.74) is 2.55. The number of benzene rings is 1. The summed E-state index contributed by atoms with van der Waals surface area (Å²) in [7, 11) is 1.88. The first-order valence-electron chi connectivity index (χ1n) is 8.30. The summed E-state index contributed by atoms with van der Waals surface area (Å²) >= 11 is 0. The third kappa shape index (κ3) is 4.07. The number of aromatic nitrogens is 2. The molecule has 1 aromatic carbocycles. The molecule has 1 amide bonds. The van der Waals surface area contributed by atoms with Gasteiger partial charge in [-0.15, -0.1) is 0 Å². The number of amides is 1. The van der Waals surface area contributed by atoms with Crippen molar-refractivity contribution in [3.8, 4) is 0 Å². The van der Waals surface area contributed by atoms with Crippen LogP contribution in [-0.4, -0.2) is 33.3 Å². The predicted molar refractivity (Wildman–Crippen MR) is 95.4 cm³/mol. The Morgan fingerprint density at radius 3 is 2.40 bits per heavy atom. The third-order valence-corrected chi connectivity index (χ3v) is 4.78. The van der Waals surface area contributed by atoms with Crippen LogP contribution in [0.15, 0.2) is 30.3 Å². The molecule has 1 atom stereocenters. The molecule has 0 spiro atoms. The number of carboxylic acid groups (broad SMARTS) is 1. The van der Waals surface area contributed by atoms with Gasteiger partial charge in [0.2, 0.25) is 5.91 Å². The van der Waals surface area contributed by atoms with Crippen molar-refractivity contribution >= 4 is 11.9 Å². The molecule has 6 nitrogen and oxygen atoms in total. The lowest BCUT2D eigenvalue weighted by Crippen LogP contribution is -2.44. The van der Waals surface area contributed by atoms with E-state index in [1.54, 1.807) is 35.9 Å². The highest BCUT2D eigenvalue weighted by Crippen LogP contribution is 2.23. The summed E-state index contributed by atoms with van der Waals surface area (Å²) in [6, 6.07) is 8.97. The van der Waals surface area contributed by atoms with Gasteiger partial charge in [0.25, 0.3) is 0 Å². The largest absolute Gasteiger partial charge is 0.481 e. The molecule has 0 saturated carbocycles. The van der Waals surface area contributed by atoms with E-state index in [4.69, 9.17) is 0 Å². The van der Waals surface area contributed by atoms with E-state index in [9.17, 15) is 14.7 Å². The Bertz CT molecular complexity index is 768. The number of hydrogen-bond donors (Lipinski definition) is 2. The zero-order valence-electron chi connectivity index (χ0n) is 15.2. The summed E-state index contributed by atoms with van der Waals surface area (Å²) < 4.78 is 1.81. The van der Waals surface area contributed by atoms with Crippen molar-refractivity contribution in [1.29, 1.82) is 0 Å². The molecule has 6 heteroatoms. The fraction of sp³-hybridized carbons (Fsp3) is 0.421. The number of nitrogens with one attached hydrogen (secondary N) is 1. The van der Waals surface area contributed by atoms with Crippen LogP contribution in [0.25, 0.3) is 0 Å². The number of nitrogens with zero attached hydrogens (tertiary/aromatic N) is 2. The third-order valence-electron chi connectivity index (χ3n) is 4.78. The van der Waals surface area contributed by atoms with Crippen LogP contribution in [0.2, 0.25) is 0 Å². The average Bonchev–Trinajstić information content (AvgIpc) is 2.83. The van der Waals surface area contributed by atoms with Crippen molar-refractivity contribution in [2.45, 2.75) is 39.0 Å². The Hall–Kier alpha value is -2.63. The van der Waals surface area contributed by atoms with Crippen molar-refractivity contribution < 1.29 is 14.7 Å². The second-order valence-electron chi connectivity index (χ2n) is 6.55. The minimum absolute atomic E-state index is 0.0518. The van der Waals surface area contributed by atoms with Gasteiger partial charge in [-0.3, -0.25) is 14.3 Å². The predicted octanol–water partition coefficient (Wildman–Crippen LogP) is 2.13. The van der Waals surface area contributed by atoms with Gasteiger partial charge < -0.3 is 10.4 Å². The quantitative estimate of drug-likeness (QED) is 0.806. The normalized spacial score (nSPS) is 13.3. The molecule has 2 aromatic rings. The van der Waals surface area contributed by atoms with Crippen LogP contribution in [0.4, 0.5) is 0 Å². The van der Waals surface area contributed by atoms with E-state index in [1.165, 1.54) is 0 Å². The number of aliphatic carboxylic acids is 1. The molecule has 1 heterocycles. The molecule has 0 saturated heterocycles. The molecule has 0 bridgehead atoms. The molecule has 0 aliphatic carbocycles. The zero-order chi connectivity index (χ0) is 18.6. The highest BCUT2D eigenvalue weighted by Gasteiger charge is 2.35. The van der Waals surface area contributed by atoms with E-state index in [1.807, 2.05) is 27.0 Å². The molecule has 25 heavy (non-hydrogen) atoms. The first kappa shape index (κ1) is 18.7. The minimum atomic E-state index is -1.16. The van der Waals surface area contributed by atoms with E-state index in [2.05, 4.69) is 10.4 Å².